The summed E-state index contributed by atoms with van der Waals surface area (Å²) in [7, 11) is 0. The normalized spacial score (nSPS) is 24.3. The fourth-order valence-electron chi connectivity index (χ4n) is 2.52. The van der Waals surface area contributed by atoms with Gasteiger partial charge in [0.05, 0.1) is 11.3 Å². The van der Waals surface area contributed by atoms with Crippen molar-refractivity contribution in [2.24, 2.45) is 5.92 Å². The van der Waals surface area contributed by atoms with Crippen molar-refractivity contribution in [1.29, 1.82) is 0 Å². The van der Waals surface area contributed by atoms with E-state index >= 15 is 0 Å². The van der Waals surface area contributed by atoms with Gasteiger partial charge in [0.2, 0.25) is 0 Å². The molecule has 2 unspecified atom stereocenters. The third-order valence-corrected chi connectivity index (χ3v) is 3.79. The third kappa shape index (κ3) is 1.77. The lowest BCUT2D eigenvalue weighted by Crippen LogP contribution is -2.18. The quantitative estimate of drug-likeness (QED) is 0.896. The Hall–Kier alpha value is -2.04. The van der Waals surface area contributed by atoms with E-state index in [0.29, 0.717) is 24.3 Å². The number of anilines is 1. The predicted molar refractivity (Wildman–Crippen MR) is 70.2 cm³/mol. The highest BCUT2D eigenvalue weighted by molar-refractivity contribution is 5.74. The molecule has 4 rings (SSSR count). The molecule has 0 amide bonds. The summed E-state index contributed by atoms with van der Waals surface area (Å²) in [5.74, 6) is 3.33. The molecule has 0 saturated heterocycles. The van der Waals surface area contributed by atoms with Crippen LogP contribution in [0, 0.1) is 5.92 Å². The Labute approximate surface area is 111 Å². The van der Waals surface area contributed by atoms with E-state index in [1.54, 1.807) is 0 Å². The minimum absolute atomic E-state index is 0.469. The summed E-state index contributed by atoms with van der Waals surface area (Å²) in [6.07, 6.45) is 1.16. The summed E-state index contributed by atoms with van der Waals surface area (Å²) in [5, 5.41) is 7.40. The maximum atomic E-state index is 5.73. The first-order valence-electron chi connectivity index (χ1n) is 6.66. The fourth-order valence-corrected chi connectivity index (χ4v) is 2.52. The van der Waals surface area contributed by atoms with Crippen molar-refractivity contribution in [3.63, 3.8) is 0 Å². The molecule has 19 heavy (non-hydrogen) atoms. The van der Waals surface area contributed by atoms with Crippen LogP contribution in [0.1, 0.15) is 25.1 Å². The lowest BCUT2D eigenvalue weighted by Gasteiger charge is -2.20. The van der Waals surface area contributed by atoms with Crippen molar-refractivity contribution in [3.05, 3.63) is 24.0 Å². The van der Waals surface area contributed by atoms with E-state index in [1.165, 1.54) is 0 Å². The van der Waals surface area contributed by atoms with Gasteiger partial charge in [0.1, 0.15) is 6.61 Å². The van der Waals surface area contributed by atoms with Crippen LogP contribution in [-0.4, -0.2) is 23.3 Å². The molecule has 1 aromatic carbocycles. The molecule has 5 nitrogen and oxygen atoms in total. The number of fused-ring (bicyclic) bond motifs is 1. The summed E-state index contributed by atoms with van der Waals surface area (Å²) < 4.78 is 11.1. The van der Waals surface area contributed by atoms with Crippen LogP contribution < -0.4 is 10.1 Å². The summed E-state index contributed by atoms with van der Waals surface area (Å²) in [6.45, 7) is 3.69. The zero-order valence-corrected chi connectivity index (χ0v) is 10.7. The summed E-state index contributed by atoms with van der Waals surface area (Å²) in [5.41, 5.74) is 1.86. The standard InChI is InChI=1S/C14H15N3O2/c1-8-7-10(8)13-16-14(19-17-13)9-3-2-4-11-12(9)18-6-5-15-11/h2-4,8,10,15H,5-7H2,1H3. The largest absolute Gasteiger partial charge is 0.489 e. The first kappa shape index (κ1) is 10.8. The number of rotatable bonds is 2. The van der Waals surface area contributed by atoms with Gasteiger partial charge in [-0.25, -0.2) is 0 Å². The first-order chi connectivity index (χ1) is 9.33. The molecule has 1 aliphatic heterocycles. The highest BCUT2D eigenvalue weighted by Crippen LogP contribution is 2.46. The molecule has 5 heteroatoms. The van der Waals surface area contributed by atoms with E-state index in [9.17, 15) is 0 Å². The van der Waals surface area contributed by atoms with Gasteiger partial charge >= 0.3 is 0 Å². The van der Waals surface area contributed by atoms with Crippen molar-refractivity contribution in [3.8, 4) is 17.2 Å². The minimum Gasteiger partial charge on any atom is -0.489 e. The topological polar surface area (TPSA) is 60.2 Å². The molecule has 0 spiro atoms. The van der Waals surface area contributed by atoms with Crippen molar-refractivity contribution in [2.75, 3.05) is 18.5 Å². The Morgan fingerprint density at radius 1 is 1.37 bits per heavy atom. The van der Waals surface area contributed by atoms with Gasteiger partial charge in [-0.05, 0) is 24.5 Å². The van der Waals surface area contributed by atoms with E-state index < -0.39 is 0 Å². The molecule has 2 aromatic rings. The molecule has 1 aliphatic carbocycles. The first-order valence-corrected chi connectivity index (χ1v) is 6.66. The SMILES string of the molecule is CC1CC1c1noc(-c2cccc3c2OCCN3)n1. The molecule has 1 saturated carbocycles. The Morgan fingerprint density at radius 2 is 2.26 bits per heavy atom. The molecule has 1 N–H and O–H groups in total. The number of nitrogens with zero attached hydrogens (tertiary/aromatic N) is 2. The van der Waals surface area contributed by atoms with Gasteiger partial charge in [-0.1, -0.05) is 18.1 Å². The van der Waals surface area contributed by atoms with Gasteiger partial charge in [-0.15, -0.1) is 0 Å². The van der Waals surface area contributed by atoms with Crippen LogP contribution in [0.15, 0.2) is 22.7 Å². The second-order valence-electron chi connectivity index (χ2n) is 5.23. The van der Waals surface area contributed by atoms with Gasteiger partial charge in [0.15, 0.2) is 11.6 Å². The number of hydrogen-bond donors (Lipinski definition) is 1. The Bertz CT molecular complexity index is 623. The lowest BCUT2D eigenvalue weighted by atomic mass is 10.1. The van der Waals surface area contributed by atoms with Gasteiger partial charge in [0, 0.05) is 12.5 Å². The van der Waals surface area contributed by atoms with E-state index in [4.69, 9.17) is 9.26 Å². The maximum Gasteiger partial charge on any atom is 0.261 e. The monoisotopic (exact) mass is 257 g/mol. The molecular formula is C14H15N3O2. The van der Waals surface area contributed by atoms with Gasteiger partial charge in [0.25, 0.3) is 5.89 Å². The number of aromatic nitrogens is 2. The average Bonchev–Trinajstić information content (AvgIpc) is 3.00. The van der Waals surface area contributed by atoms with Crippen LogP contribution in [0.5, 0.6) is 5.75 Å². The number of ether oxygens (including phenoxy) is 1. The van der Waals surface area contributed by atoms with E-state index in [-0.39, 0.29) is 0 Å². The van der Waals surface area contributed by atoms with Crippen molar-refractivity contribution in [1.82, 2.24) is 10.1 Å². The number of benzene rings is 1. The predicted octanol–water partition coefficient (Wildman–Crippen LogP) is 2.66. The highest BCUT2D eigenvalue weighted by atomic mass is 16.5. The molecule has 0 bridgehead atoms. The van der Waals surface area contributed by atoms with Crippen LogP contribution >= 0.6 is 0 Å². The van der Waals surface area contributed by atoms with Crippen LogP contribution in [0.25, 0.3) is 11.5 Å². The third-order valence-electron chi connectivity index (χ3n) is 3.79. The summed E-state index contributed by atoms with van der Waals surface area (Å²) >= 11 is 0. The zero-order chi connectivity index (χ0) is 12.8. The molecule has 2 heterocycles. The highest BCUT2D eigenvalue weighted by Gasteiger charge is 2.38. The smallest absolute Gasteiger partial charge is 0.261 e. The lowest BCUT2D eigenvalue weighted by molar-refractivity contribution is 0.322. The van der Waals surface area contributed by atoms with E-state index in [0.717, 1.165) is 35.8 Å². The molecule has 2 atom stereocenters. The van der Waals surface area contributed by atoms with Crippen molar-refractivity contribution < 1.29 is 9.26 Å². The van der Waals surface area contributed by atoms with Gasteiger partial charge < -0.3 is 14.6 Å². The number of para-hydroxylation sites is 1. The Morgan fingerprint density at radius 3 is 3.11 bits per heavy atom. The van der Waals surface area contributed by atoms with Crippen LogP contribution in [0.3, 0.4) is 0 Å². The van der Waals surface area contributed by atoms with Gasteiger partial charge in [-0.2, -0.15) is 4.98 Å². The second-order valence-corrected chi connectivity index (χ2v) is 5.23. The van der Waals surface area contributed by atoms with Crippen LogP contribution in [0.2, 0.25) is 0 Å². The minimum atomic E-state index is 0.469. The van der Waals surface area contributed by atoms with Crippen molar-refractivity contribution in [2.45, 2.75) is 19.3 Å². The molecule has 1 fully saturated rings. The molecule has 1 aromatic heterocycles. The van der Waals surface area contributed by atoms with Crippen LogP contribution in [0.4, 0.5) is 5.69 Å². The molecule has 2 aliphatic rings. The molecular weight excluding hydrogens is 242 g/mol. The maximum absolute atomic E-state index is 5.73. The Kier molecular flexibility index (Phi) is 2.27. The number of nitrogens with one attached hydrogen (secondary N) is 1. The summed E-state index contributed by atoms with van der Waals surface area (Å²) in [4.78, 5) is 4.52. The Balaban J connectivity index is 1.74. The second kappa shape index (κ2) is 3.98. The number of hydrogen-bond acceptors (Lipinski definition) is 5. The average molecular weight is 257 g/mol. The summed E-state index contributed by atoms with van der Waals surface area (Å²) in [6, 6.07) is 5.93. The van der Waals surface area contributed by atoms with Crippen LogP contribution in [-0.2, 0) is 0 Å². The van der Waals surface area contributed by atoms with E-state index in [2.05, 4.69) is 22.4 Å². The van der Waals surface area contributed by atoms with Crippen molar-refractivity contribution >= 4 is 5.69 Å². The van der Waals surface area contributed by atoms with Gasteiger partial charge in [-0.3, -0.25) is 0 Å². The van der Waals surface area contributed by atoms with E-state index in [1.807, 2.05) is 18.2 Å². The fraction of sp³-hybridized carbons (Fsp3) is 0.429. The zero-order valence-electron chi connectivity index (χ0n) is 10.7. The molecule has 0 radical (unpaired) electrons. The molecule has 98 valence electrons.